The van der Waals surface area contributed by atoms with E-state index in [2.05, 4.69) is 16.7 Å². The highest BCUT2D eigenvalue weighted by atomic mass is 16.5. The fourth-order valence-electron chi connectivity index (χ4n) is 2.45. The van der Waals surface area contributed by atoms with Crippen molar-refractivity contribution in [3.8, 4) is 5.75 Å². The number of ether oxygens (including phenoxy) is 1. The van der Waals surface area contributed by atoms with Gasteiger partial charge in [-0.3, -0.25) is 4.79 Å². The lowest BCUT2D eigenvalue weighted by Gasteiger charge is -2.31. The third-order valence-electron chi connectivity index (χ3n) is 4.03. The third-order valence-corrected chi connectivity index (χ3v) is 4.03. The molecule has 4 nitrogen and oxygen atoms in total. The van der Waals surface area contributed by atoms with E-state index in [1.165, 1.54) is 0 Å². The molecule has 0 aromatic heterocycles. The summed E-state index contributed by atoms with van der Waals surface area (Å²) in [6, 6.07) is 6.12. The van der Waals surface area contributed by atoms with Crippen molar-refractivity contribution in [1.82, 2.24) is 10.6 Å². The van der Waals surface area contributed by atoms with E-state index in [0.717, 1.165) is 30.0 Å². The molecule has 1 aliphatic heterocycles. The van der Waals surface area contributed by atoms with Gasteiger partial charge in [-0.05, 0) is 58.3 Å². The van der Waals surface area contributed by atoms with Crippen LogP contribution in [0, 0.1) is 18.8 Å². The molecular formula is C18H28N2O2. The Morgan fingerprint density at radius 3 is 2.64 bits per heavy atom. The van der Waals surface area contributed by atoms with Crippen molar-refractivity contribution in [3.63, 3.8) is 0 Å². The molecule has 0 radical (unpaired) electrons. The lowest BCUT2D eigenvalue weighted by atomic mass is 9.88. The first kappa shape index (κ1) is 16.8. The van der Waals surface area contributed by atoms with Crippen molar-refractivity contribution in [3.05, 3.63) is 29.3 Å². The van der Waals surface area contributed by atoms with Gasteiger partial charge in [0.1, 0.15) is 11.4 Å². The minimum absolute atomic E-state index is 0.0543. The molecule has 0 aliphatic carbocycles. The molecule has 0 spiro atoms. The molecule has 1 aromatic carbocycles. The molecule has 122 valence electrons. The number of benzene rings is 1. The van der Waals surface area contributed by atoms with Gasteiger partial charge >= 0.3 is 0 Å². The molecule has 22 heavy (non-hydrogen) atoms. The maximum Gasteiger partial charge on any atom is 0.223 e. The highest BCUT2D eigenvalue weighted by Crippen LogP contribution is 2.25. The summed E-state index contributed by atoms with van der Waals surface area (Å²) in [7, 11) is 0. The van der Waals surface area contributed by atoms with E-state index < -0.39 is 0 Å². The molecule has 1 unspecified atom stereocenters. The number of rotatable bonds is 5. The summed E-state index contributed by atoms with van der Waals surface area (Å²) in [5, 5.41) is 6.26. The summed E-state index contributed by atoms with van der Waals surface area (Å²) in [5.74, 6) is 1.49. The standard InChI is InChI=1S/C18H28N2O2/c1-12-6-7-14(16(8-12)22-18(3,4)5)11-20-17(21)13(2)15-9-19-10-15/h6-8,13,15,19H,9-11H2,1-5H3,(H,20,21). The number of nitrogens with one attached hydrogen (secondary N) is 2. The predicted molar refractivity (Wildman–Crippen MR) is 88.9 cm³/mol. The van der Waals surface area contributed by atoms with Crippen LogP contribution in [0.25, 0.3) is 0 Å². The quantitative estimate of drug-likeness (QED) is 0.879. The lowest BCUT2D eigenvalue weighted by Crippen LogP contribution is -2.49. The Bertz CT molecular complexity index is 530. The lowest BCUT2D eigenvalue weighted by molar-refractivity contribution is -0.126. The molecular weight excluding hydrogens is 276 g/mol. The summed E-state index contributed by atoms with van der Waals surface area (Å²) in [6.45, 7) is 12.5. The summed E-state index contributed by atoms with van der Waals surface area (Å²) in [4.78, 5) is 12.2. The fourth-order valence-corrected chi connectivity index (χ4v) is 2.45. The normalized spacial score (nSPS) is 16.8. The Morgan fingerprint density at radius 2 is 2.09 bits per heavy atom. The van der Waals surface area contributed by atoms with Crippen molar-refractivity contribution in [1.29, 1.82) is 0 Å². The topological polar surface area (TPSA) is 50.4 Å². The largest absolute Gasteiger partial charge is 0.488 e. The first-order valence-electron chi connectivity index (χ1n) is 8.03. The van der Waals surface area contributed by atoms with Gasteiger partial charge in [0.15, 0.2) is 0 Å². The van der Waals surface area contributed by atoms with Crippen molar-refractivity contribution in [2.45, 2.75) is 46.8 Å². The Kier molecular flexibility index (Phi) is 5.12. The van der Waals surface area contributed by atoms with Crippen molar-refractivity contribution >= 4 is 5.91 Å². The maximum atomic E-state index is 12.2. The molecule has 1 amide bonds. The van der Waals surface area contributed by atoms with Crippen LogP contribution in [-0.2, 0) is 11.3 Å². The number of hydrogen-bond acceptors (Lipinski definition) is 3. The van der Waals surface area contributed by atoms with Gasteiger partial charge in [0.25, 0.3) is 0 Å². The number of carbonyl (C=O) groups is 1. The molecule has 4 heteroatoms. The second-order valence-electron chi connectivity index (χ2n) is 7.25. The Labute approximate surface area is 133 Å². The Hall–Kier alpha value is -1.55. The van der Waals surface area contributed by atoms with E-state index in [1.807, 2.05) is 46.8 Å². The highest BCUT2D eigenvalue weighted by Gasteiger charge is 2.28. The SMILES string of the molecule is Cc1ccc(CNC(=O)C(C)C2CNC2)c(OC(C)(C)C)c1. The monoisotopic (exact) mass is 304 g/mol. The van der Waals surface area contributed by atoms with Crippen LogP contribution in [0.1, 0.15) is 38.8 Å². The molecule has 2 N–H and O–H groups in total. The van der Waals surface area contributed by atoms with E-state index in [4.69, 9.17) is 4.74 Å². The molecule has 0 saturated carbocycles. The van der Waals surface area contributed by atoms with Gasteiger partial charge in [0.2, 0.25) is 5.91 Å². The third kappa shape index (κ3) is 4.47. The Balaban J connectivity index is 2.00. The van der Waals surface area contributed by atoms with Gasteiger partial charge in [-0.15, -0.1) is 0 Å². The van der Waals surface area contributed by atoms with Crippen LogP contribution in [0.15, 0.2) is 18.2 Å². The zero-order valence-corrected chi connectivity index (χ0v) is 14.3. The smallest absolute Gasteiger partial charge is 0.223 e. The second-order valence-corrected chi connectivity index (χ2v) is 7.25. The summed E-state index contributed by atoms with van der Waals surface area (Å²) < 4.78 is 6.02. The van der Waals surface area contributed by atoms with Crippen LogP contribution in [0.2, 0.25) is 0 Å². The average molecular weight is 304 g/mol. The van der Waals surface area contributed by atoms with Gasteiger partial charge in [-0.25, -0.2) is 0 Å². The van der Waals surface area contributed by atoms with Gasteiger partial charge in [-0.2, -0.15) is 0 Å². The maximum absolute atomic E-state index is 12.2. The predicted octanol–water partition coefficient (Wildman–Crippen LogP) is 2.64. The summed E-state index contributed by atoms with van der Waals surface area (Å²) in [5.41, 5.74) is 1.92. The number of aryl methyl sites for hydroxylation is 1. The van der Waals surface area contributed by atoms with Crippen molar-refractivity contribution < 1.29 is 9.53 Å². The molecule has 0 bridgehead atoms. The Morgan fingerprint density at radius 1 is 1.41 bits per heavy atom. The van der Waals surface area contributed by atoms with Crippen LogP contribution < -0.4 is 15.4 Å². The summed E-state index contributed by atoms with van der Waals surface area (Å²) in [6.07, 6.45) is 0. The molecule has 2 rings (SSSR count). The van der Waals surface area contributed by atoms with Gasteiger partial charge in [-0.1, -0.05) is 19.1 Å². The zero-order valence-electron chi connectivity index (χ0n) is 14.3. The molecule has 1 fully saturated rings. The van der Waals surface area contributed by atoms with Crippen LogP contribution in [0.5, 0.6) is 5.75 Å². The van der Waals surface area contributed by atoms with Gasteiger partial charge in [0.05, 0.1) is 0 Å². The number of carbonyl (C=O) groups excluding carboxylic acids is 1. The van der Waals surface area contributed by atoms with E-state index in [0.29, 0.717) is 12.5 Å². The van der Waals surface area contributed by atoms with E-state index in [-0.39, 0.29) is 17.4 Å². The van der Waals surface area contributed by atoms with Crippen molar-refractivity contribution in [2.75, 3.05) is 13.1 Å². The zero-order chi connectivity index (χ0) is 16.3. The fraction of sp³-hybridized carbons (Fsp3) is 0.611. The number of amides is 1. The second kappa shape index (κ2) is 6.69. The van der Waals surface area contributed by atoms with Gasteiger partial charge < -0.3 is 15.4 Å². The van der Waals surface area contributed by atoms with E-state index in [9.17, 15) is 4.79 Å². The van der Waals surface area contributed by atoms with Crippen LogP contribution in [0.3, 0.4) is 0 Å². The summed E-state index contributed by atoms with van der Waals surface area (Å²) >= 11 is 0. The highest BCUT2D eigenvalue weighted by molar-refractivity contribution is 5.78. The minimum Gasteiger partial charge on any atom is -0.488 e. The molecule has 1 aliphatic rings. The van der Waals surface area contributed by atoms with E-state index in [1.54, 1.807) is 0 Å². The molecule has 1 atom stereocenters. The van der Waals surface area contributed by atoms with E-state index >= 15 is 0 Å². The first-order valence-corrected chi connectivity index (χ1v) is 8.03. The number of hydrogen-bond donors (Lipinski definition) is 2. The molecule has 1 aromatic rings. The first-order chi connectivity index (χ1) is 10.3. The average Bonchev–Trinajstić information content (AvgIpc) is 2.33. The minimum atomic E-state index is -0.253. The molecule has 1 heterocycles. The van der Waals surface area contributed by atoms with Crippen molar-refractivity contribution in [2.24, 2.45) is 11.8 Å². The molecule has 1 saturated heterocycles. The van der Waals surface area contributed by atoms with Crippen LogP contribution in [-0.4, -0.2) is 24.6 Å². The van der Waals surface area contributed by atoms with Crippen LogP contribution >= 0.6 is 0 Å². The van der Waals surface area contributed by atoms with Gasteiger partial charge in [0, 0.05) is 18.0 Å². The van der Waals surface area contributed by atoms with Crippen LogP contribution in [0.4, 0.5) is 0 Å².